The smallest absolute Gasteiger partial charge is 0.780 e. The zero-order chi connectivity index (χ0) is 10.2. The molecule has 0 amide bonds. The van der Waals surface area contributed by atoms with Gasteiger partial charge in [0.15, 0.2) is 0 Å². The summed E-state index contributed by atoms with van der Waals surface area (Å²) in [6.45, 7) is 0. The molecule has 0 spiro atoms. The Labute approximate surface area is 116 Å². The Kier molecular flexibility index (Phi) is 8.55. The molecular formula is C12H10PdS2. The topological polar surface area (TPSA) is 0 Å². The molecule has 0 aliphatic heterocycles. The molecule has 0 atom stereocenters. The van der Waals surface area contributed by atoms with Crippen LogP contribution in [0.5, 0.6) is 0 Å². The van der Waals surface area contributed by atoms with Crippen LogP contribution in [0.4, 0.5) is 0 Å². The summed E-state index contributed by atoms with van der Waals surface area (Å²) < 4.78 is 0. The van der Waals surface area contributed by atoms with E-state index >= 15 is 0 Å². The summed E-state index contributed by atoms with van der Waals surface area (Å²) in [5.41, 5.74) is 0. The van der Waals surface area contributed by atoms with E-state index in [1.165, 1.54) is 0 Å². The van der Waals surface area contributed by atoms with Crippen molar-refractivity contribution in [2.24, 2.45) is 0 Å². The molecule has 0 fully saturated rings. The van der Waals surface area contributed by atoms with Crippen LogP contribution in [-0.4, -0.2) is 0 Å². The molecule has 0 saturated carbocycles. The Morgan fingerprint density at radius 3 is 0.933 bits per heavy atom. The zero-order valence-corrected chi connectivity index (χ0v) is 11.1. The minimum Gasteiger partial charge on any atom is -0.780 e. The normalized spacial score (nSPS) is 8.00. The summed E-state index contributed by atoms with van der Waals surface area (Å²) in [7, 11) is 0. The molecule has 0 heterocycles. The van der Waals surface area contributed by atoms with Gasteiger partial charge in [0.05, 0.1) is 0 Å². The number of benzene rings is 2. The van der Waals surface area contributed by atoms with Crippen LogP contribution >= 0.6 is 0 Å². The second kappa shape index (κ2) is 8.82. The number of rotatable bonds is 0. The van der Waals surface area contributed by atoms with Crippen molar-refractivity contribution in [3.05, 3.63) is 60.7 Å². The second-order valence-electron chi connectivity index (χ2n) is 2.63. The van der Waals surface area contributed by atoms with Crippen molar-refractivity contribution < 1.29 is 20.4 Å². The van der Waals surface area contributed by atoms with Crippen LogP contribution in [0.25, 0.3) is 0 Å². The molecule has 0 unspecified atom stereocenters. The molecule has 2 aromatic rings. The van der Waals surface area contributed by atoms with E-state index in [1.54, 1.807) is 0 Å². The first-order valence-corrected chi connectivity index (χ1v) is 5.05. The van der Waals surface area contributed by atoms with Gasteiger partial charge in [0.1, 0.15) is 0 Å². The molecular weight excluding hydrogens is 315 g/mol. The standard InChI is InChI=1S/2C6H6S.Pd/c2*7-6-4-2-1-3-5-6;/h2*1-5,7H;/q;;+2/p-2. The summed E-state index contributed by atoms with van der Waals surface area (Å²) in [5, 5.41) is 0. The van der Waals surface area contributed by atoms with Gasteiger partial charge in [-0.25, -0.2) is 0 Å². The molecule has 2 rings (SSSR count). The summed E-state index contributed by atoms with van der Waals surface area (Å²) in [4.78, 5) is 1.81. The van der Waals surface area contributed by atoms with E-state index in [9.17, 15) is 0 Å². The molecule has 0 radical (unpaired) electrons. The van der Waals surface area contributed by atoms with Gasteiger partial charge in [-0.2, -0.15) is 9.79 Å². The van der Waals surface area contributed by atoms with E-state index in [0.717, 1.165) is 9.79 Å². The molecule has 2 aromatic carbocycles. The van der Waals surface area contributed by atoms with Crippen molar-refractivity contribution in [1.29, 1.82) is 0 Å². The molecule has 0 saturated heterocycles. The summed E-state index contributed by atoms with van der Waals surface area (Å²) in [6.07, 6.45) is 0. The Hall–Kier alpha value is -0.458. The van der Waals surface area contributed by atoms with Crippen LogP contribution < -0.4 is 0 Å². The first-order chi connectivity index (χ1) is 6.79. The van der Waals surface area contributed by atoms with Crippen molar-refractivity contribution in [3.8, 4) is 0 Å². The van der Waals surface area contributed by atoms with Crippen molar-refractivity contribution in [2.45, 2.75) is 9.79 Å². The van der Waals surface area contributed by atoms with Gasteiger partial charge in [-0.05, 0) is 0 Å². The Morgan fingerprint density at radius 1 is 0.533 bits per heavy atom. The van der Waals surface area contributed by atoms with Crippen LogP contribution in [0.15, 0.2) is 70.5 Å². The monoisotopic (exact) mass is 324 g/mol. The molecule has 80 valence electrons. The van der Waals surface area contributed by atoms with E-state index in [-0.39, 0.29) is 20.4 Å². The fourth-order valence-electron chi connectivity index (χ4n) is 0.841. The van der Waals surface area contributed by atoms with Crippen LogP contribution in [0.3, 0.4) is 0 Å². The molecule has 0 aliphatic rings. The molecule has 15 heavy (non-hydrogen) atoms. The van der Waals surface area contributed by atoms with Gasteiger partial charge < -0.3 is 25.3 Å². The minimum atomic E-state index is 0. The largest absolute Gasteiger partial charge is 2.00 e. The molecule has 3 heteroatoms. The Bertz CT molecular complexity index is 311. The molecule has 0 aromatic heterocycles. The van der Waals surface area contributed by atoms with Crippen molar-refractivity contribution in [1.82, 2.24) is 0 Å². The van der Waals surface area contributed by atoms with Crippen molar-refractivity contribution >= 4 is 25.3 Å². The minimum absolute atomic E-state index is 0. The average molecular weight is 325 g/mol. The van der Waals surface area contributed by atoms with Gasteiger partial charge in [-0.3, -0.25) is 0 Å². The first-order valence-electron chi connectivity index (χ1n) is 4.23. The predicted octanol–water partition coefficient (Wildman–Crippen LogP) is 3.18. The molecule has 0 N–H and O–H groups in total. The van der Waals surface area contributed by atoms with Crippen molar-refractivity contribution in [2.75, 3.05) is 0 Å². The number of hydrogen-bond acceptors (Lipinski definition) is 2. The van der Waals surface area contributed by atoms with E-state index in [2.05, 4.69) is 0 Å². The maximum absolute atomic E-state index is 4.81. The van der Waals surface area contributed by atoms with Gasteiger partial charge in [0.2, 0.25) is 0 Å². The third-order valence-corrected chi connectivity index (χ3v) is 2.03. The molecule has 0 nitrogen and oxygen atoms in total. The van der Waals surface area contributed by atoms with Crippen molar-refractivity contribution in [3.63, 3.8) is 0 Å². The van der Waals surface area contributed by atoms with Gasteiger partial charge in [-0.15, -0.1) is 0 Å². The average Bonchev–Trinajstić information content (AvgIpc) is 2.21. The van der Waals surface area contributed by atoms with Crippen LogP contribution in [-0.2, 0) is 45.7 Å². The van der Waals surface area contributed by atoms with Gasteiger partial charge in [0, 0.05) is 0 Å². The zero-order valence-electron chi connectivity index (χ0n) is 7.91. The maximum Gasteiger partial charge on any atom is 2.00 e. The van der Waals surface area contributed by atoms with Gasteiger partial charge in [0.25, 0.3) is 0 Å². The summed E-state index contributed by atoms with van der Waals surface area (Å²) >= 11 is 9.62. The van der Waals surface area contributed by atoms with Gasteiger partial charge in [-0.1, -0.05) is 60.7 Å². The Balaban J connectivity index is 0.000000245. The third kappa shape index (κ3) is 7.47. The third-order valence-electron chi connectivity index (χ3n) is 1.49. The van der Waals surface area contributed by atoms with E-state index in [4.69, 9.17) is 25.3 Å². The summed E-state index contributed by atoms with van der Waals surface area (Å²) in [6, 6.07) is 19.2. The predicted molar refractivity (Wildman–Crippen MR) is 64.1 cm³/mol. The van der Waals surface area contributed by atoms with Crippen LogP contribution in [0, 0.1) is 0 Å². The van der Waals surface area contributed by atoms with Crippen LogP contribution in [0.1, 0.15) is 0 Å². The quantitative estimate of drug-likeness (QED) is 0.539. The first kappa shape index (κ1) is 14.5. The molecule has 0 aliphatic carbocycles. The molecule has 0 bridgehead atoms. The second-order valence-corrected chi connectivity index (χ2v) is 3.57. The van der Waals surface area contributed by atoms with E-state index in [0.29, 0.717) is 0 Å². The maximum atomic E-state index is 4.81. The van der Waals surface area contributed by atoms with E-state index < -0.39 is 0 Å². The van der Waals surface area contributed by atoms with Gasteiger partial charge >= 0.3 is 20.4 Å². The fourth-order valence-corrected chi connectivity index (χ4v) is 1.16. The fraction of sp³-hybridized carbons (Fsp3) is 0. The van der Waals surface area contributed by atoms with Crippen LogP contribution in [0.2, 0.25) is 0 Å². The van der Waals surface area contributed by atoms with E-state index in [1.807, 2.05) is 60.7 Å². The number of hydrogen-bond donors (Lipinski definition) is 0. The summed E-state index contributed by atoms with van der Waals surface area (Å²) in [5.74, 6) is 0. The Morgan fingerprint density at radius 2 is 0.800 bits per heavy atom. The SMILES string of the molecule is [Pd+2].[S-]c1ccccc1.[S-]c1ccccc1.